The highest BCUT2D eigenvalue weighted by molar-refractivity contribution is 4.11. The average molecular weight is 64.1 g/mol. The van der Waals surface area contributed by atoms with E-state index in [2.05, 4.69) is 0 Å². The van der Waals surface area contributed by atoms with Crippen LogP contribution in [0.3, 0.4) is 0 Å². The van der Waals surface area contributed by atoms with Crippen LogP contribution in [0.25, 0.3) is 0 Å². The molecule has 0 aromatic carbocycles. The summed E-state index contributed by atoms with van der Waals surface area (Å²) in [6.45, 7) is 0.306. The second-order valence-corrected chi connectivity index (χ2v) is 0.487. The highest BCUT2D eigenvalue weighted by Crippen LogP contribution is 1.69. The van der Waals surface area contributed by atoms with Crippen LogP contribution in [0, 0.1) is 0 Å². The SMILES string of the molecule is [2H]C([2H])(C)CF. The first kappa shape index (κ1) is 1.39. The van der Waals surface area contributed by atoms with Gasteiger partial charge < -0.3 is 0 Å². The second kappa shape index (κ2) is 2.93. The van der Waals surface area contributed by atoms with Gasteiger partial charge in [-0.1, -0.05) is 6.92 Å². The van der Waals surface area contributed by atoms with E-state index in [1.165, 1.54) is 6.92 Å². The Morgan fingerprint density at radius 2 is 2.50 bits per heavy atom. The summed E-state index contributed by atoms with van der Waals surface area (Å²) in [5.74, 6) is 0. The van der Waals surface area contributed by atoms with Crippen LogP contribution in [0.2, 0.25) is 0 Å². The molecule has 0 nitrogen and oxygen atoms in total. The van der Waals surface area contributed by atoms with Crippen LogP contribution < -0.4 is 0 Å². The lowest BCUT2D eigenvalue weighted by molar-refractivity contribution is 0.487. The highest BCUT2D eigenvalue weighted by Gasteiger charge is 1.60. The van der Waals surface area contributed by atoms with Gasteiger partial charge in [-0.2, -0.15) is 0 Å². The maximum absolute atomic E-state index is 11.1. The van der Waals surface area contributed by atoms with Crippen LogP contribution in [0.15, 0.2) is 0 Å². The van der Waals surface area contributed by atoms with Gasteiger partial charge >= 0.3 is 0 Å². The number of alkyl halides is 1. The molecule has 0 bridgehead atoms. The zero-order valence-corrected chi connectivity index (χ0v) is 2.59. The van der Waals surface area contributed by atoms with E-state index >= 15 is 0 Å². The Morgan fingerprint density at radius 3 is 2.50 bits per heavy atom. The Kier molecular flexibility index (Phi) is 1.02. The molecule has 0 saturated carbocycles. The highest BCUT2D eigenvalue weighted by atomic mass is 19.1. The molecule has 0 aliphatic heterocycles. The Balaban J connectivity index is 3.17. The van der Waals surface area contributed by atoms with Crippen molar-refractivity contribution in [3.8, 4) is 0 Å². The first-order chi connectivity index (χ1) is 2.56. The normalized spacial score (nSPS) is 18.5. The van der Waals surface area contributed by atoms with Gasteiger partial charge in [0.25, 0.3) is 0 Å². The number of hydrogen-bond acceptors (Lipinski definition) is 0. The van der Waals surface area contributed by atoms with E-state index in [-0.39, 0.29) is 0 Å². The molecule has 0 amide bonds. The summed E-state index contributed by atoms with van der Waals surface area (Å²) < 4.78 is 24.1. The van der Waals surface area contributed by atoms with E-state index in [1.54, 1.807) is 0 Å². The monoisotopic (exact) mass is 64.1 g/mol. The van der Waals surface area contributed by atoms with Gasteiger partial charge in [0.15, 0.2) is 0 Å². The Bertz CT molecular complexity index is 38.5. The van der Waals surface area contributed by atoms with Crippen molar-refractivity contribution in [3.63, 3.8) is 0 Å². The molecule has 0 rings (SSSR count). The summed E-state index contributed by atoms with van der Waals surface area (Å²) in [4.78, 5) is 0. The quantitative estimate of drug-likeness (QED) is 0.432. The predicted octanol–water partition coefficient (Wildman–Crippen LogP) is 1.37. The standard InChI is InChI=1S/C3H7F/c1-2-3-4/h2-3H2,1H3/i2D2. The van der Waals surface area contributed by atoms with Crippen LogP contribution in [-0.2, 0) is 0 Å². The summed E-state index contributed by atoms with van der Waals surface area (Å²) in [5, 5.41) is 0. The molecule has 0 aliphatic carbocycles. The van der Waals surface area contributed by atoms with E-state index in [9.17, 15) is 4.39 Å². The van der Waals surface area contributed by atoms with Crippen molar-refractivity contribution in [2.24, 2.45) is 0 Å². The largest absolute Gasteiger partial charge is 0.251 e. The molecular formula is C3H7F. The Hall–Kier alpha value is -0.0700. The van der Waals surface area contributed by atoms with Crippen molar-refractivity contribution in [1.29, 1.82) is 0 Å². The Morgan fingerprint density at radius 1 is 2.25 bits per heavy atom. The van der Waals surface area contributed by atoms with E-state index in [0.717, 1.165) is 0 Å². The molecule has 0 radical (unpaired) electrons. The summed E-state index contributed by atoms with van der Waals surface area (Å²) in [6, 6.07) is 0. The molecule has 0 saturated heterocycles. The van der Waals surface area contributed by atoms with Crippen molar-refractivity contribution < 1.29 is 7.13 Å². The summed E-state index contributed by atoms with van der Waals surface area (Å²) in [5.41, 5.74) is 0. The zero-order chi connectivity index (χ0) is 5.21. The van der Waals surface area contributed by atoms with Crippen LogP contribution in [0.1, 0.15) is 16.0 Å². The van der Waals surface area contributed by atoms with E-state index in [0.29, 0.717) is 0 Å². The van der Waals surface area contributed by atoms with Gasteiger partial charge in [0.05, 0.1) is 6.67 Å². The molecule has 0 heterocycles. The van der Waals surface area contributed by atoms with Crippen molar-refractivity contribution in [3.05, 3.63) is 0 Å². The van der Waals surface area contributed by atoms with Crippen molar-refractivity contribution >= 4 is 0 Å². The summed E-state index contributed by atoms with van der Waals surface area (Å²) in [6.07, 6.45) is -1.62. The number of hydrogen-bond donors (Lipinski definition) is 0. The average Bonchev–Trinajstić information content (AvgIpc) is 1.35. The smallest absolute Gasteiger partial charge is 0.0891 e. The molecule has 0 aromatic rings. The molecule has 4 heavy (non-hydrogen) atoms. The van der Waals surface area contributed by atoms with E-state index < -0.39 is 13.0 Å². The number of rotatable bonds is 1. The van der Waals surface area contributed by atoms with Gasteiger partial charge in [-0.05, 0) is 6.37 Å². The maximum Gasteiger partial charge on any atom is 0.0891 e. The molecule has 0 aliphatic rings. The molecule has 0 spiro atoms. The molecule has 0 atom stereocenters. The molecule has 1 heteroatoms. The summed E-state index contributed by atoms with van der Waals surface area (Å²) >= 11 is 0. The third kappa shape index (κ3) is 1.93. The van der Waals surface area contributed by atoms with Crippen molar-refractivity contribution in [1.82, 2.24) is 0 Å². The maximum atomic E-state index is 11.1. The summed E-state index contributed by atoms with van der Waals surface area (Å²) in [7, 11) is 0. The first-order valence-electron chi connectivity index (χ1n) is 2.12. The third-order valence-electron chi connectivity index (χ3n) is 0.134. The predicted molar refractivity (Wildman–Crippen MR) is 16.3 cm³/mol. The molecule has 0 unspecified atom stereocenters. The van der Waals surface area contributed by atoms with Gasteiger partial charge in [0.1, 0.15) is 0 Å². The molecule has 0 N–H and O–H groups in total. The molecular weight excluding hydrogens is 55.0 g/mol. The minimum atomic E-state index is -1.62. The zero-order valence-electron chi connectivity index (χ0n) is 4.59. The lowest BCUT2D eigenvalue weighted by Crippen LogP contribution is -1.58. The minimum absolute atomic E-state index is 0.896. The van der Waals surface area contributed by atoms with Crippen molar-refractivity contribution in [2.75, 3.05) is 6.67 Å². The Labute approximate surface area is 28.4 Å². The van der Waals surface area contributed by atoms with Gasteiger partial charge in [-0.25, -0.2) is 0 Å². The first-order valence-corrected chi connectivity index (χ1v) is 1.12. The fourth-order valence-corrected chi connectivity index (χ4v) is 0. The molecule has 26 valence electrons. The lowest BCUT2D eigenvalue weighted by Gasteiger charge is -1.64. The third-order valence-corrected chi connectivity index (χ3v) is 0.134. The van der Waals surface area contributed by atoms with Gasteiger partial charge in [-0.15, -0.1) is 0 Å². The number of halogens is 1. The molecule has 0 aromatic heterocycles. The minimum Gasteiger partial charge on any atom is -0.251 e. The van der Waals surface area contributed by atoms with Gasteiger partial charge in [0.2, 0.25) is 0 Å². The van der Waals surface area contributed by atoms with Gasteiger partial charge in [-0.3, -0.25) is 4.39 Å². The van der Waals surface area contributed by atoms with Crippen LogP contribution >= 0.6 is 0 Å². The van der Waals surface area contributed by atoms with Gasteiger partial charge in [0, 0.05) is 2.74 Å². The lowest BCUT2D eigenvalue weighted by atomic mass is 10.6. The fraction of sp³-hybridized carbons (Fsp3) is 1.00. The fourth-order valence-electron chi connectivity index (χ4n) is 0. The van der Waals surface area contributed by atoms with Crippen molar-refractivity contribution in [2.45, 2.75) is 13.3 Å². The molecule has 0 fully saturated rings. The van der Waals surface area contributed by atoms with Crippen LogP contribution in [0.5, 0.6) is 0 Å². The second-order valence-electron chi connectivity index (χ2n) is 0.487. The van der Waals surface area contributed by atoms with E-state index in [1.807, 2.05) is 0 Å². The van der Waals surface area contributed by atoms with E-state index in [4.69, 9.17) is 2.74 Å². The topological polar surface area (TPSA) is 0 Å². The van der Waals surface area contributed by atoms with Crippen LogP contribution in [-0.4, -0.2) is 6.67 Å². The van der Waals surface area contributed by atoms with Crippen LogP contribution in [0.4, 0.5) is 4.39 Å².